The fourth-order valence-corrected chi connectivity index (χ4v) is 4.60. The van der Waals surface area contributed by atoms with Crippen LogP contribution in [0.4, 0.5) is 0 Å². The summed E-state index contributed by atoms with van der Waals surface area (Å²) in [7, 11) is 4.63. The average molecular weight is 266 g/mol. The number of likely N-dealkylation sites (N-methyl/N-ethyl adjacent to an activating group) is 2. The molecule has 0 amide bonds. The summed E-state index contributed by atoms with van der Waals surface area (Å²) in [4.78, 5) is 2.56. The van der Waals surface area contributed by atoms with Crippen molar-refractivity contribution < 1.29 is 0 Å². The number of hydrogen-bond donors (Lipinski definition) is 1. The van der Waals surface area contributed by atoms with Crippen molar-refractivity contribution in [2.45, 2.75) is 76.8 Å². The maximum Gasteiger partial charge on any atom is 0.0359 e. The van der Waals surface area contributed by atoms with E-state index in [2.05, 4.69) is 38.2 Å². The van der Waals surface area contributed by atoms with E-state index in [-0.39, 0.29) is 0 Å². The van der Waals surface area contributed by atoms with Gasteiger partial charge in [-0.2, -0.15) is 0 Å². The van der Waals surface area contributed by atoms with Crippen LogP contribution >= 0.6 is 0 Å². The summed E-state index contributed by atoms with van der Waals surface area (Å²) < 4.78 is 0. The van der Waals surface area contributed by atoms with Crippen LogP contribution in [0.15, 0.2) is 0 Å². The summed E-state index contributed by atoms with van der Waals surface area (Å²) in [5, 5.41) is 3.89. The van der Waals surface area contributed by atoms with Crippen LogP contribution in [0.5, 0.6) is 0 Å². The first-order valence-corrected chi connectivity index (χ1v) is 8.51. The Kier molecular flexibility index (Phi) is 5.30. The van der Waals surface area contributed by atoms with E-state index in [0.29, 0.717) is 11.6 Å². The lowest BCUT2D eigenvalue weighted by Gasteiger charge is -2.52. The number of nitrogens with zero attached hydrogens (tertiary/aromatic N) is 1. The molecule has 2 heteroatoms. The Hall–Kier alpha value is -0.0800. The first-order valence-electron chi connectivity index (χ1n) is 8.51. The maximum absolute atomic E-state index is 3.89. The van der Waals surface area contributed by atoms with Gasteiger partial charge in [0.25, 0.3) is 0 Å². The summed E-state index contributed by atoms with van der Waals surface area (Å²) in [6, 6.07) is 0.711. The first-order chi connectivity index (χ1) is 9.10. The Balaban J connectivity index is 2.18. The maximum atomic E-state index is 3.89. The van der Waals surface area contributed by atoms with E-state index in [1.54, 1.807) is 0 Å². The second kappa shape index (κ2) is 6.58. The normalized spacial score (nSPS) is 34.9. The van der Waals surface area contributed by atoms with Crippen molar-refractivity contribution in [1.82, 2.24) is 10.2 Å². The van der Waals surface area contributed by atoms with Gasteiger partial charge in [0.15, 0.2) is 0 Å². The summed E-state index contributed by atoms with van der Waals surface area (Å²) in [6.45, 7) is 5.82. The second-order valence-electron chi connectivity index (χ2n) is 7.26. The van der Waals surface area contributed by atoms with Gasteiger partial charge in [-0.05, 0) is 71.0 Å². The van der Waals surface area contributed by atoms with E-state index in [1.807, 2.05) is 0 Å². The van der Waals surface area contributed by atoms with Gasteiger partial charge >= 0.3 is 0 Å². The third kappa shape index (κ3) is 3.16. The Bertz CT molecular complexity index is 260. The molecule has 0 aliphatic heterocycles. The third-order valence-corrected chi connectivity index (χ3v) is 5.90. The van der Waals surface area contributed by atoms with Gasteiger partial charge in [0.05, 0.1) is 0 Å². The monoisotopic (exact) mass is 266 g/mol. The summed E-state index contributed by atoms with van der Waals surface area (Å²) in [5.74, 6) is 1.84. The topological polar surface area (TPSA) is 15.3 Å². The molecule has 2 aliphatic rings. The molecule has 0 aromatic heterocycles. The fourth-order valence-electron chi connectivity index (χ4n) is 4.60. The molecule has 0 spiro atoms. The van der Waals surface area contributed by atoms with Gasteiger partial charge in [-0.1, -0.05) is 26.7 Å². The molecule has 2 rings (SSSR count). The summed E-state index contributed by atoms with van der Waals surface area (Å²) in [5.41, 5.74) is 0.414. The number of nitrogens with one attached hydrogen (secondary N) is 1. The van der Waals surface area contributed by atoms with Gasteiger partial charge in [0.1, 0.15) is 0 Å². The quantitative estimate of drug-likeness (QED) is 0.817. The van der Waals surface area contributed by atoms with Crippen LogP contribution in [0.2, 0.25) is 0 Å². The Morgan fingerprint density at radius 3 is 2.16 bits per heavy atom. The van der Waals surface area contributed by atoms with E-state index in [9.17, 15) is 0 Å². The zero-order chi connectivity index (χ0) is 13.9. The Labute approximate surface area is 120 Å². The number of rotatable bonds is 5. The molecule has 1 unspecified atom stereocenters. The standard InChI is InChI=1S/C17H34N2/c1-5-18-16(15-8-6-7-9-15)17(19(3)4)12-10-14(2)11-13-17/h14-16,18H,5-13H2,1-4H3. The van der Waals surface area contributed by atoms with E-state index >= 15 is 0 Å². The van der Waals surface area contributed by atoms with E-state index in [1.165, 1.54) is 51.4 Å². The first kappa shape index (κ1) is 15.3. The predicted octanol–water partition coefficient (Wildman–Crippen LogP) is 3.67. The Morgan fingerprint density at radius 1 is 1.11 bits per heavy atom. The van der Waals surface area contributed by atoms with Crippen LogP contribution in [0, 0.1) is 11.8 Å². The highest BCUT2D eigenvalue weighted by Gasteiger charge is 2.46. The van der Waals surface area contributed by atoms with Crippen LogP contribution in [0.3, 0.4) is 0 Å². The molecule has 0 bridgehead atoms. The largest absolute Gasteiger partial charge is 0.312 e. The molecule has 0 aromatic rings. The molecule has 0 heterocycles. The lowest BCUT2D eigenvalue weighted by molar-refractivity contribution is 0.0225. The molecular formula is C17H34N2. The molecule has 112 valence electrons. The zero-order valence-corrected chi connectivity index (χ0v) is 13.5. The molecule has 0 aromatic carbocycles. The predicted molar refractivity (Wildman–Crippen MR) is 83.5 cm³/mol. The molecule has 2 nitrogen and oxygen atoms in total. The molecule has 0 radical (unpaired) electrons. The molecule has 2 saturated carbocycles. The molecule has 1 N–H and O–H groups in total. The minimum atomic E-state index is 0.414. The van der Waals surface area contributed by atoms with E-state index in [4.69, 9.17) is 0 Å². The lowest BCUT2D eigenvalue weighted by atomic mass is 9.68. The van der Waals surface area contributed by atoms with Crippen LogP contribution < -0.4 is 5.32 Å². The van der Waals surface area contributed by atoms with Crippen LogP contribution in [0.1, 0.15) is 65.2 Å². The van der Waals surface area contributed by atoms with Crippen molar-refractivity contribution in [3.63, 3.8) is 0 Å². The molecule has 1 atom stereocenters. The van der Waals surface area contributed by atoms with E-state index in [0.717, 1.165) is 18.4 Å². The lowest BCUT2D eigenvalue weighted by Crippen LogP contribution is -2.62. The smallest absolute Gasteiger partial charge is 0.0359 e. The zero-order valence-electron chi connectivity index (χ0n) is 13.5. The minimum absolute atomic E-state index is 0.414. The van der Waals surface area contributed by atoms with Crippen molar-refractivity contribution in [2.24, 2.45) is 11.8 Å². The van der Waals surface area contributed by atoms with Gasteiger partial charge in [-0.3, -0.25) is 0 Å². The second-order valence-corrected chi connectivity index (χ2v) is 7.26. The summed E-state index contributed by atoms with van der Waals surface area (Å²) >= 11 is 0. The average Bonchev–Trinajstić information content (AvgIpc) is 2.91. The van der Waals surface area contributed by atoms with Crippen molar-refractivity contribution in [1.29, 1.82) is 0 Å². The highest BCUT2D eigenvalue weighted by molar-refractivity contribution is 5.04. The van der Waals surface area contributed by atoms with Crippen molar-refractivity contribution in [3.05, 3.63) is 0 Å². The van der Waals surface area contributed by atoms with Crippen molar-refractivity contribution >= 4 is 0 Å². The van der Waals surface area contributed by atoms with Gasteiger partial charge in [-0.25, -0.2) is 0 Å². The van der Waals surface area contributed by atoms with Gasteiger partial charge in [0.2, 0.25) is 0 Å². The molecule has 19 heavy (non-hydrogen) atoms. The summed E-state index contributed by atoms with van der Waals surface area (Å²) in [6.07, 6.45) is 11.4. The third-order valence-electron chi connectivity index (χ3n) is 5.90. The molecule has 0 saturated heterocycles. The Morgan fingerprint density at radius 2 is 1.68 bits per heavy atom. The molecule has 2 fully saturated rings. The van der Waals surface area contributed by atoms with Crippen LogP contribution in [-0.4, -0.2) is 37.1 Å². The van der Waals surface area contributed by atoms with Crippen molar-refractivity contribution in [3.8, 4) is 0 Å². The van der Waals surface area contributed by atoms with E-state index < -0.39 is 0 Å². The van der Waals surface area contributed by atoms with Gasteiger partial charge in [-0.15, -0.1) is 0 Å². The van der Waals surface area contributed by atoms with Gasteiger partial charge < -0.3 is 10.2 Å². The van der Waals surface area contributed by atoms with Crippen LogP contribution in [0.25, 0.3) is 0 Å². The minimum Gasteiger partial charge on any atom is -0.312 e. The molecule has 2 aliphatic carbocycles. The number of hydrogen-bond acceptors (Lipinski definition) is 2. The van der Waals surface area contributed by atoms with Crippen molar-refractivity contribution in [2.75, 3.05) is 20.6 Å². The van der Waals surface area contributed by atoms with Crippen LogP contribution in [-0.2, 0) is 0 Å². The molecular weight excluding hydrogens is 232 g/mol. The fraction of sp³-hybridized carbons (Fsp3) is 1.00. The SMILES string of the molecule is CCNC(C1CCCC1)C1(N(C)C)CCC(C)CC1. The van der Waals surface area contributed by atoms with Gasteiger partial charge in [0, 0.05) is 11.6 Å². The highest BCUT2D eigenvalue weighted by Crippen LogP contribution is 2.43. The highest BCUT2D eigenvalue weighted by atomic mass is 15.2.